The molecule has 0 radical (unpaired) electrons. The number of hydrogen-bond donors (Lipinski definition) is 0. The molecule has 0 saturated carbocycles. The molecule has 600 valence electrons. The van der Waals surface area contributed by atoms with Crippen molar-refractivity contribution in [3.63, 3.8) is 0 Å². The molecule has 0 unspecified atom stereocenters. The lowest BCUT2D eigenvalue weighted by molar-refractivity contribution is -0.660. The number of para-hydroxylation sites is 12. The van der Waals surface area contributed by atoms with E-state index in [1.165, 1.54) is 44.5 Å². The highest BCUT2D eigenvalue weighted by Gasteiger charge is 2.30. The van der Waals surface area contributed by atoms with Crippen LogP contribution in [0.5, 0.6) is 0 Å². The zero-order chi connectivity index (χ0) is 84.4. The van der Waals surface area contributed by atoms with Crippen LogP contribution in [-0.4, -0.2) is 38.2 Å². The second-order valence-electron chi connectivity index (χ2n) is 32.3. The van der Waals surface area contributed by atoms with Crippen molar-refractivity contribution >= 4 is 132 Å². The smallest absolute Gasteiger partial charge is 0.381 e. The Labute approximate surface area is 714 Å². The number of pyridine rings is 4. The maximum Gasteiger partial charge on any atom is 0.381 e. The summed E-state index contributed by atoms with van der Waals surface area (Å²) in [7, 11) is 16.7. The fraction of sp³-hybridized carbons (Fsp3) is 0.111. The van der Waals surface area contributed by atoms with Gasteiger partial charge >= 0.3 is 5.71 Å². The highest BCUT2D eigenvalue weighted by atomic mass is 16.3. The van der Waals surface area contributed by atoms with Crippen molar-refractivity contribution in [2.24, 2.45) is 56.4 Å². The molecular formula is C108H88N12O4+4. The quantitative estimate of drug-likeness (QED) is 0.137. The first-order chi connectivity index (χ1) is 60.5. The monoisotopic (exact) mass is 1620 g/mol. The van der Waals surface area contributed by atoms with Crippen LogP contribution in [0.4, 0.5) is 0 Å². The Hall–Kier alpha value is -15.7. The molecule has 0 aliphatic rings. The minimum atomic E-state index is 0.881. The number of aryl methyl sites for hydroxylation is 8. The molecule has 12 aromatic carbocycles. The SMILES string of the molecule is Cc1c(-c2nc3ccccc3n2C)cc2oc3ccccc3c2c1-c1cccc[n+]1C.Cc1c(-c2nc3ccccc3n2C)cccc1-c1cc2c(c[n+]1C)oc1ccccc12.Cc1c(-c2nc3ccccc3n2C)cccc1-c1ccc2c3ccccc3oc2[n+]1C.Cc1c(-c2nc3ccccc3n2C)cccc1-c1ccc2oc3ccccc3c2[n+]1C. The van der Waals surface area contributed by atoms with Crippen LogP contribution < -0.4 is 18.3 Å². The van der Waals surface area contributed by atoms with E-state index < -0.39 is 0 Å². The zero-order valence-electron chi connectivity index (χ0n) is 71.0. The van der Waals surface area contributed by atoms with Gasteiger partial charge in [-0.25, -0.2) is 24.5 Å². The molecule has 0 fully saturated rings. The van der Waals surface area contributed by atoms with E-state index in [4.69, 9.17) is 37.6 Å². The van der Waals surface area contributed by atoms with Crippen molar-refractivity contribution in [1.82, 2.24) is 38.2 Å². The summed E-state index contributed by atoms with van der Waals surface area (Å²) >= 11 is 0. The van der Waals surface area contributed by atoms with Gasteiger partial charge in [0.1, 0.15) is 79.4 Å². The van der Waals surface area contributed by atoms with E-state index >= 15 is 0 Å². The van der Waals surface area contributed by atoms with Gasteiger partial charge in [-0.15, -0.1) is 0 Å². The molecule has 24 rings (SSSR count). The summed E-state index contributed by atoms with van der Waals surface area (Å²) in [4.78, 5) is 19.7. The third-order valence-electron chi connectivity index (χ3n) is 25.2. The van der Waals surface area contributed by atoms with Gasteiger partial charge in [0.25, 0.3) is 5.52 Å². The minimum Gasteiger partial charge on any atom is -0.456 e. The van der Waals surface area contributed by atoms with Crippen LogP contribution in [0, 0.1) is 27.7 Å². The van der Waals surface area contributed by atoms with E-state index in [1.807, 2.05) is 72.8 Å². The topological polar surface area (TPSA) is 139 Å². The van der Waals surface area contributed by atoms with Gasteiger partial charge in [-0.05, 0) is 171 Å². The van der Waals surface area contributed by atoms with Crippen LogP contribution >= 0.6 is 0 Å². The first-order valence-electron chi connectivity index (χ1n) is 41.8. The molecule has 0 amide bonds. The Morgan fingerprint density at radius 2 is 0.645 bits per heavy atom. The summed E-state index contributed by atoms with van der Waals surface area (Å²) in [6.07, 6.45) is 4.16. The average molecular weight is 1620 g/mol. The standard InChI is InChI=1S/4C27H22N3O/c1-17-19(27-28-20-11-5-6-12-21(20)30(27)3)16-24-26(18-10-4-7-14-23(18)31-24)25(17)22-13-8-9-15-29(22)2;1-17-18(10-8-11-19(17)27-28-22-12-5-6-13-23(22)30(27)3)24-15-21-20-9-4-7-14-25(20)31-26(21)16-29(24)2;1-17-18(10-8-11-19(17)26-28-22-12-5-6-13-24(22)29(26)2)23-16-15-21-20-9-4-7-14-25(20)31-27(21)30(23)3;1-17-18(10-8-11-19(17)27-28-21-12-5-6-13-23(21)30(27)3)22-15-16-25-26(29(22)2)20-9-4-7-14-24(20)31-25/h4*4-16H,1-3H3/q4*+1. The summed E-state index contributed by atoms with van der Waals surface area (Å²) in [6.45, 7) is 8.73. The molecular weight excluding hydrogens is 1530 g/mol. The molecule has 16 heteroatoms. The van der Waals surface area contributed by atoms with E-state index in [9.17, 15) is 0 Å². The number of imidazole rings is 4. The van der Waals surface area contributed by atoms with Gasteiger partial charge < -0.3 is 35.9 Å². The summed E-state index contributed by atoms with van der Waals surface area (Å²) in [5.41, 5.74) is 35.5. The third kappa shape index (κ3) is 12.5. The number of furan rings is 4. The number of fused-ring (bicyclic) bond motifs is 16. The second kappa shape index (κ2) is 30.2. The normalized spacial score (nSPS) is 11.7. The van der Waals surface area contributed by atoms with E-state index in [0.717, 1.165) is 200 Å². The van der Waals surface area contributed by atoms with Crippen molar-refractivity contribution in [3.05, 3.63) is 338 Å². The predicted octanol–water partition coefficient (Wildman–Crippen LogP) is 23.8. The molecule has 0 atom stereocenters. The maximum absolute atomic E-state index is 6.34. The third-order valence-corrected chi connectivity index (χ3v) is 25.2. The van der Waals surface area contributed by atoms with Crippen LogP contribution in [-0.2, 0) is 56.4 Å². The van der Waals surface area contributed by atoms with Crippen LogP contribution in [0.25, 0.3) is 223 Å². The first kappa shape index (κ1) is 75.8. The Morgan fingerprint density at radius 3 is 1.15 bits per heavy atom. The predicted molar refractivity (Wildman–Crippen MR) is 499 cm³/mol. The maximum atomic E-state index is 6.34. The summed E-state index contributed by atoms with van der Waals surface area (Å²) in [6, 6.07) is 105. The number of rotatable bonds is 8. The van der Waals surface area contributed by atoms with Crippen molar-refractivity contribution in [2.75, 3.05) is 0 Å². The first-order valence-corrected chi connectivity index (χ1v) is 41.8. The van der Waals surface area contributed by atoms with E-state index in [1.54, 1.807) is 0 Å². The van der Waals surface area contributed by atoms with Gasteiger partial charge in [0.2, 0.25) is 29.0 Å². The molecule has 0 saturated heterocycles. The summed E-state index contributed by atoms with van der Waals surface area (Å²) < 4.78 is 42.1. The molecule has 0 aliphatic heterocycles. The summed E-state index contributed by atoms with van der Waals surface area (Å²) in [5, 5.41) is 7.97. The Morgan fingerprint density at radius 1 is 0.258 bits per heavy atom. The molecule has 0 N–H and O–H groups in total. The lowest BCUT2D eigenvalue weighted by atomic mass is 9.93. The highest BCUT2D eigenvalue weighted by molar-refractivity contribution is 6.14. The Bertz CT molecular complexity index is 8310. The van der Waals surface area contributed by atoms with Crippen LogP contribution in [0.3, 0.4) is 0 Å². The van der Waals surface area contributed by atoms with E-state index in [0.29, 0.717) is 0 Å². The fourth-order valence-corrected chi connectivity index (χ4v) is 18.7. The Kier molecular flexibility index (Phi) is 18.5. The van der Waals surface area contributed by atoms with Crippen molar-refractivity contribution in [2.45, 2.75) is 27.7 Å². The molecule has 0 aliphatic carbocycles. The second-order valence-corrected chi connectivity index (χ2v) is 32.3. The number of aromatic nitrogens is 12. The highest BCUT2D eigenvalue weighted by Crippen LogP contribution is 2.44. The van der Waals surface area contributed by atoms with E-state index in [2.05, 4.69) is 364 Å². The molecule has 12 heterocycles. The average Bonchev–Trinajstić information content (AvgIpc) is 1.56. The van der Waals surface area contributed by atoms with Crippen molar-refractivity contribution in [1.29, 1.82) is 0 Å². The fourth-order valence-electron chi connectivity index (χ4n) is 18.7. The largest absolute Gasteiger partial charge is 0.456 e. The lowest BCUT2D eigenvalue weighted by Gasteiger charge is -2.12. The van der Waals surface area contributed by atoms with E-state index in [-0.39, 0.29) is 0 Å². The molecule has 24 aromatic rings. The number of nitrogens with zero attached hydrogens (tertiary/aromatic N) is 12. The van der Waals surface area contributed by atoms with Crippen molar-refractivity contribution in [3.8, 4) is 90.6 Å². The van der Waals surface area contributed by atoms with Gasteiger partial charge in [-0.1, -0.05) is 152 Å². The van der Waals surface area contributed by atoms with Gasteiger partial charge in [0.15, 0.2) is 17.4 Å². The Balaban J connectivity index is 0.000000101. The lowest BCUT2D eigenvalue weighted by Crippen LogP contribution is -2.31. The van der Waals surface area contributed by atoms with Crippen LogP contribution in [0.2, 0.25) is 0 Å². The number of benzene rings is 12. The molecule has 0 spiro atoms. The van der Waals surface area contributed by atoms with Crippen molar-refractivity contribution < 1.29 is 35.9 Å². The van der Waals surface area contributed by atoms with Gasteiger partial charge in [-0.2, -0.15) is 13.7 Å². The van der Waals surface area contributed by atoms with Gasteiger partial charge in [0, 0.05) is 124 Å². The molecule has 12 aromatic heterocycles. The number of hydrogen-bond acceptors (Lipinski definition) is 8. The molecule has 124 heavy (non-hydrogen) atoms. The zero-order valence-corrected chi connectivity index (χ0v) is 71.0. The van der Waals surface area contributed by atoms with Crippen LogP contribution in [0.1, 0.15) is 22.3 Å². The molecule has 0 bridgehead atoms. The van der Waals surface area contributed by atoms with Crippen LogP contribution in [0.15, 0.2) is 333 Å². The summed E-state index contributed by atoms with van der Waals surface area (Å²) in [5.74, 6) is 3.89. The van der Waals surface area contributed by atoms with Gasteiger partial charge in [-0.3, -0.25) is 0 Å². The van der Waals surface area contributed by atoms with Gasteiger partial charge in [0.05, 0.1) is 60.5 Å². The minimum absolute atomic E-state index is 0.881. The molecule has 16 nitrogen and oxygen atoms in total.